The second kappa shape index (κ2) is 5.83. The third-order valence-electron chi connectivity index (χ3n) is 4.26. The van der Waals surface area contributed by atoms with Crippen LogP contribution in [0.2, 0.25) is 0 Å². The molecule has 2 aromatic rings. The molecule has 3 rings (SSSR count). The number of aromatic nitrogens is 2. The Morgan fingerprint density at radius 1 is 1.29 bits per heavy atom. The first kappa shape index (κ1) is 14.0. The summed E-state index contributed by atoms with van der Waals surface area (Å²) in [5.41, 5.74) is 3.49. The number of nitrogens with zero attached hydrogens (tertiary/aromatic N) is 4. The van der Waals surface area contributed by atoms with E-state index in [1.54, 1.807) is 0 Å². The largest absolute Gasteiger partial charge is 0.353 e. The number of hydrogen-bond donors (Lipinski definition) is 2. The molecule has 1 unspecified atom stereocenters. The van der Waals surface area contributed by atoms with Crippen molar-refractivity contribution in [3.05, 3.63) is 24.3 Å². The van der Waals surface area contributed by atoms with Crippen molar-refractivity contribution in [1.82, 2.24) is 14.9 Å². The Kier molecular flexibility index (Phi) is 3.90. The van der Waals surface area contributed by atoms with Crippen LogP contribution in [0.1, 0.15) is 13.3 Å². The number of anilines is 2. The normalized spacial score (nSPS) is 20.0. The Hall–Kier alpha value is -1.92. The summed E-state index contributed by atoms with van der Waals surface area (Å²) in [5, 5.41) is 1.08. The highest BCUT2D eigenvalue weighted by molar-refractivity contribution is 5.90. The SMILES string of the molecule is CCC1CN(c2nc(NN)nc3ccccc23)CCN1C. The number of likely N-dealkylation sites (N-methyl/N-ethyl adjacent to an activating group) is 1. The lowest BCUT2D eigenvalue weighted by Crippen LogP contribution is -2.51. The molecule has 0 radical (unpaired) electrons. The minimum Gasteiger partial charge on any atom is -0.353 e. The quantitative estimate of drug-likeness (QED) is 0.657. The van der Waals surface area contributed by atoms with Crippen LogP contribution in [-0.2, 0) is 0 Å². The second-order valence-corrected chi connectivity index (χ2v) is 5.52. The summed E-state index contributed by atoms with van der Waals surface area (Å²) in [5.74, 6) is 6.95. The number of para-hydroxylation sites is 1. The van der Waals surface area contributed by atoms with Crippen molar-refractivity contribution in [3.8, 4) is 0 Å². The molecule has 112 valence electrons. The van der Waals surface area contributed by atoms with Gasteiger partial charge in [0.2, 0.25) is 5.95 Å². The number of nitrogen functional groups attached to an aromatic ring is 1. The molecule has 0 spiro atoms. The fourth-order valence-electron chi connectivity index (χ4n) is 2.94. The van der Waals surface area contributed by atoms with E-state index in [2.05, 4.69) is 45.2 Å². The van der Waals surface area contributed by atoms with Gasteiger partial charge in [-0.1, -0.05) is 19.1 Å². The van der Waals surface area contributed by atoms with Gasteiger partial charge in [0.25, 0.3) is 0 Å². The van der Waals surface area contributed by atoms with Crippen LogP contribution in [0.25, 0.3) is 10.9 Å². The summed E-state index contributed by atoms with van der Waals surface area (Å²) in [6.07, 6.45) is 1.14. The summed E-state index contributed by atoms with van der Waals surface area (Å²) >= 11 is 0. The van der Waals surface area contributed by atoms with Gasteiger partial charge in [-0.15, -0.1) is 0 Å². The highest BCUT2D eigenvalue weighted by Crippen LogP contribution is 2.27. The fraction of sp³-hybridized carbons (Fsp3) is 0.467. The number of rotatable bonds is 3. The van der Waals surface area contributed by atoms with E-state index in [1.165, 1.54) is 0 Å². The van der Waals surface area contributed by atoms with Crippen molar-refractivity contribution < 1.29 is 0 Å². The fourth-order valence-corrected chi connectivity index (χ4v) is 2.94. The van der Waals surface area contributed by atoms with Gasteiger partial charge in [0, 0.05) is 31.1 Å². The van der Waals surface area contributed by atoms with Gasteiger partial charge in [-0.3, -0.25) is 10.3 Å². The van der Waals surface area contributed by atoms with E-state index in [0.717, 1.165) is 42.8 Å². The summed E-state index contributed by atoms with van der Waals surface area (Å²) in [4.78, 5) is 13.8. The first-order valence-corrected chi connectivity index (χ1v) is 7.41. The van der Waals surface area contributed by atoms with Crippen LogP contribution in [0.3, 0.4) is 0 Å². The van der Waals surface area contributed by atoms with Crippen LogP contribution < -0.4 is 16.2 Å². The molecule has 0 amide bonds. The molecular weight excluding hydrogens is 264 g/mol. The molecule has 1 aliphatic heterocycles. The summed E-state index contributed by atoms with van der Waals surface area (Å²) in [7, 11) is 2.19. The van der Waals surface area contributed by atoms with Crippen molar-refractivity contribution in [2.75, 3.05) is 37.0 Å². The third kappa shape index (κ3) is 2.64. The van der Waals surface area contributed by atoms with Crippen LogP contribution in [0, 0.1) is 0 Å². The molecule has 0 bridgehead atoms. The van der Waals surface area contributed by atoms with E-state index in [-0.39, 0.29) is 0 Å². The molecular formula is C15H22N6. The van der Waals surface area contributed by atoms with Gasteiger partial charge < -0.3 is 4.90 Å². The predicted octanol–water partition coefficient (Wildman–Crippen LogP) is 1.45. The van der Waals surface area contributed by atoms with E-state index >= 15 is 0 Å². The lowest BCUT2D eigenvalue weighted by Gasteiger charge is -2.40. The predicted molar refractivity (Wildman–Crippen MR) is 86.3 cm³/mol. The Labute approximate surface area is 124 Å². The van der Waals surface area contributed by atoms with Gasteiger partial charge in [-0.2, -0.15) is 4.98 Å². The Bertz CT molecular complexity index is 629. The summed E-state index contributed by atoms with van der Waals surface area (Å²) in [6, 6.07) is 8.64. The number of nitrogens with one attached hydrogen (secondary N) is 1. The van der Waals surface area contributed by atoms with Crippen LogP contribution in [0.15, 0.2) is 24.3 Å². The van der Waals surface area contributed by atoms with E-state index in [9.17, 15) is 0 Å². The first-order chi connectivity index (χ1) is 10.2. The number of hydrogen-bond acceptors (Lipinski definition) is 6. The first-order valence-electron chi connectivity index (χ1n) is 7.41. The van der Waals surface area contributed by atoms with Crippen molar-refractivity contribution in [2.45, 2.75) is 19.4 Å². The van der Waals surface area contributed by atoms with Crippen molar-refractivity contribution in [1.29, 1.82) is 0 Å². The lowest BCUT2D eigenvalue weighted by atomic mass is 10.1. The molecule has 0 aliphatic carbocycles. The minimum absolute atomic E-state index is 0.468. The van der Waals surface area contributed by atoms with Gasteiger partial charge >= 0.3 is 0 Å². The maximum Gasteiger partial charge on any atom is 0.239 e. The Morgan fingerprint density at radius 2 is 2.10 bits per heavy atom. The number of fused-ring (bicyclic) bond motifs is 1. The molecule has 6 nitrogen and oxygen atoms in total. The van der Waals surface area contributed by atoms with E-state index in [4.69, 9.17) is 5.84 Å². The van der Waals surface area contributed by atoms with Gasteiger partial charge in [-0.05, 0) is 25.6 Å². The second-order valence-electron chi connectivity index (χ2n) is 5.52. The van der Waals surface area contributed by atoms with Crippen LogP contribution in [0.4, 0.5) is 11.8 Å². The zero-order chi connectivity index (χ0) is 14.8. The molecule has 1 saturated heterocycles. The van der Waals surface area contributed by atoms with Crippen LogP contribution >= 0.6 is 0 Å². The monoisotopic (exact) mass is 286 g/mol. The Morgan fingerprint density at radius 3 is 2.86 bits per heavy atom. The maximum absolute atomic E-state index is 5.51. The zero-order valence-corrected chi connectivity index (χ0v) is 12.6. The van der Waals surface area contributed by atoms with Gasteiger partial charge in [0.1, 0.15) is 5.82 Å². The van der Waals surface area contributed by atoms with E-state index < -0.39 is 0 Å². The number of piperazine rings is 1. The molecule has 3 N–H and O–H groups in total. The smallest absolute Gasteiger partial charge is 0.239 e. The number of benzene rings is 1. The van der Waals surface area contributed by atoms with Crippen LogP contribution in [0.5, 0.6) is 0 Å². The molecule has 2 heterocycles. The van der Waals surface area contributed by atoms with E-state index in [1.807, 2.05) is 18.2 Å². The van der Waals surface area contributed by atoms with Crippen molar-refractivity contribution in [3.63, 3.8) is 0 Å². The number of hydrazine groups is 1. The minimum atomic E-state index is 0.468. The van der Waals surface area contributed by atoms with Crippen molar-refractivity contribution in [2.24, 2.45) is 5.84 Å². The Balaban J connectivity index is 2.02. The standard InChI is InChI=1S/C15H22N6/c1-3-11-10-21(9-8-20(11)2)14-12-6-4-5-7-13(12)17-15(18-14)19-16/h4-7,11H,3,8-10,16H2,1-2H3,(H,17,18,19). The molecule has 1 atom stereocenters. The van der Waals surface area contributed by atoms with Gasteiger partial charge in [0.05, 0.1) is 5.52 Å². The molecule has 21 heavy (non-hydrogen) atoms. The van der Waals surface area contributed by atoms with E-state index in [0.29, 0.717) is 12.0 Å². The molecule has 1 aliphatic rings. The highest BCUT2D eigenvalue weighted by Gasteiger charge is 2.25. The molecule has 6 heteroatoms. The zero-order valence-electron chi connectivity index (χ0n) is 12.6. The maximum atomic E-state index is 5.51. The summed E-state index contributed by atoms with van der Waals surface area (Å²) in [6.45, 7) is 5.23. The molecule has 1 fully saturated rings. The van der Waals surface area contributed by atoms with Crippen molar-refractivity contribution >= 4 is 22.7 Å². The highest BCUT2D eigenvalue weighted by atomic mass is 15.3. The van der Waals surface area contributed by atoms with Gasteiger partial charge in [0.15, 0.2) is 0 Å². The summed E-state index contributed by atoms with van der Waals surface area (Å²) < 4.78 is 0. The number of nitrogens with two attached hydrogens (primary N) is 1. The molecule has 0 saturated carbocycles. The third-order valence-corrected chi connectivity index (χ3v) is 4.26. The molecule has 1 aromatic carbocycles. The molecule has 1 aromatic heterocycles. The average Bonchev–Trinajstić information content (AvgIpc) is 2.54. The van der Waals surface area contributed by atoms with Crippen LogP contribution in [-0.4, -0.2) is 47.6 Å². The topological polar surface area (TPSA) is 70.3 Å². The van der Waals surface area contributed by atoms with Gasteiger partial charge in [-0.25, -0.2) is 10.8 Å². The lowest BCUT2D eigenvalue weighted by molar-refractivity contribution is 0.213. The average molecular weight is 286 g/mol.